The first-order valence-corrected chi connectivity index (χ1v) is 16.2. The van der Waals surface area contributed by atoms with Gasteiger partial charge in [0.05, 0.1) is 6.54 Å². The van der Waals surface area contributed by atoms with Gasteiger partial charge in [0.15, 0.2) is 0 Å². The summed E-state index contributed by atoms with van der Waals surface area (Å²) < 4.78 is 10.7. The molecule has 2 aromatic heterocycles. The van der Waals surface area contributed by atoms with Gasteiger partial charge in [-0.3, -0.25) is 9.69 Å². The zero-order valence-corrected chi connectivity index (χ0v) is 28.2. The molecule has 0 aliphatic carbocycles. The Labute approximate surface area is 273 Å². The number of hydrogen-bond acceptors (Lipinski definition) is 9. The summed E-state index contributed by atoms with van der Waals surface area (Å²) in [6.45, 7) is 14.6. The van der Waals surface area contributed by atoms with E-state index in [4.69, 9.17) is 9.47 Å². The molecule has 0 bridgehead atoms. The van der Waals surface area contributed by atoms with E-state index in [-0.39, 0.29) is 5.97 Å². The van der Waals surface area contributed by atoms with Gasteiger partial charge in [-0.25, -0.2) is 14.8 Å². The summed E-state index contributed by atoms with van der Waals surface area (Å²) in [7, 11) is 0. The highest BCUT2D eigenvalue weighted by Gasteiger charge is 2.24. The third kappa shape index (κ3) is 12.3. The van der Waals surface area contributed by atoms with Crippen LogP contribution in [0.1, 0.15) is 66.4 Å². The van der Waals surface area contributed by atoms with Crippen LogP contribution in [-0.2, 0) is 20.7 Å². The van der Waals surface area contributed by atoms with Crippen molar-refractivity contribution in [3.8, 4) is 11.1 Å². The van der Waals surface area contributed by atoms with E-state index >= 15 is 0 Å². The van der Waals surface area contributed by atoms with Crippen molar-refractivity contribution in [2.24, 2.45) is 5.92 Å². The highest BCUT2D eigenvalue weighted by molar-refractivity contribution is 5.72. The molecule has 1 aromatic carbocycles. The lowest BCUT2D eigenvalue weighted by molar-refractivity contribution is -0.156. The second kappa shape index (κ2) is 15.9. The van der Waals surface area contributed by atoms with Gasteiger partial charge >= 0.3 is 12.1 Å². The number of carbonyl (C=O) groups is 2. The number of amides is 1. The van der Waals surface area contributed by atoms with Crippen molar-refractivity contribution < 1.29 is 19.1 Å². The molecule has 0 spiro atoms. The third-order valence-corrected chi connectivity index (χ3v) is 7.39. The predicted octanol–water partition coefficient (Wildman–Crippen LogP) is 6.81. The van der Waals surface area contributed by atoms with Crippen LogP contribution in [0.2, 0.25) is 0 Å². The highest BCUT2D eigenvalue weighted by Crippen LogP contribution is 2.26. The molecular formula is C36H50N6O4. The normalized spacial score (nSPS) is 14.4. The van der Waals surface area contributed by atoms with E-state index in [9.17, 15) is 9.59 Å². The van der Waals surface area contributed by atoms with Crippen molar-refractivity contribution in [3.05, 3.63) is 66.5 Å². The molecule has 1 amide bonds. The van der Waals surface area contributed by atoms with Gasteiger partial charge in [-0.2, -0.15) is 0 Å². The first kappa shape index (κ1) is 34.7. The van der Waals surface area contributed by atoms with Gasteiger partial charge < -0.3 is 25.4 Å². The number of benzene rings is 1. The molecular weight excluding hydrogens is 580 g/mol. The Morgan fingerprint density at radius 1 is 0.870 bits per heavy atom. The Balaban J connectivity index is 1.23. The van der Waals surface area contributed by atoms with E-state index in [1.165, 1.54) is 5.56 Å². The molecule has 46 heavy (non-hydrogen) atoms. The number of piperidine rings is 1. The summed E-state index contributed by atoms with van der Waals surface area (Å²) in [4.78, 5) is 35.3. The molecule has 3 heterocycles. The molecule has 0 atom stereocenters. The fraction of sp³-hybridized carbons (Fsp3) is 0.500. The summed E-state index contributed by atoms with van der Waals surface area (Å²) in [5, 5.41) is 9.52. The fourth-order valence-corrected chi connectivity index (χ4v) is 5.32. The molecule has 4 rings (SSSR count). The largest absolute Gasteiger partial charge is 0.459 e. The average molecular weight is 631 g/mol. The minimum atomic E-state index is -0.503. The van der Waals surface area contributed by atoms with Gasteiger partial charge in [-0.1, -0.05) is 12.1 Å². The monoisotopic (exact) mass is 630 g/mol. The Morgan fingerprint density at radius 3 is 2.33 bits per heavy atom. The van der Waals surface area contributed by atoms with Crippen LogP contribution < -0.4 is 16.0 Å². The summed E-state index contributed by atoms with van der Waals surface area (Å²) in [5.41, 5.74) is 3.36. The maximum absolute atomic E-state index is 12.2. The van der Waals surface area contributed by atoms with E-state index in [2.05, 4.69) is 55.1 Å². The van der Waals surface area contributed by atoms with Crippen molar-refractivity contribution >= 4 is 29.4 Å². The van der Waals surface area contributed by atoms with E-state index in [0.29, 0.717) is 25.6 Å². The number of rotatable bonds is 12. The van der Waals surface area contributed by atoms with Crippen LogP contribution >= 0.6 is 0 Å². The second-order valence-corrected chi connectivity index (χ2v) is 13.9. The number of anilines is 3. The SMILES string of the molecule is CC(C)(C)OC(=O)CN1CCC(Cc2cccc(Nc3cc(-c4ccc(NCCCNC(=O)OC(C)(C)C)nc4)ccn3)c2)CC1. The Morgan fingerprint density at radius 2 is 1.63 bits per heavy atom. The molecule has 1 fully saturated rings. The lowest BCUT2D eigenvalue weighted by Gasteiger charge is -2.32. The number of aromatic nitrogens is 2. The van der Waals surface area contributed by atoms with Crippen LogP contribution in [0, 0.1) is 5.92 Å². The summed E-state index contributed by atoms with van der Waals surface area (Å²) >= 11 is 0. The van der Waals surface area contributed by atoms with Gasteiger partial charge in [-0.05, 0) is 134 Å². The number of nitrogens with one attached hydrogen (secondary N) is 3. The Kier molecular flexibility index (Phi) is 12.0. The average Bonchev–Trinajstić information content (AvgIpc) is 2.97. The van der Waals surface area contributed by atoms with Gasteiger partial charge in [0.1, 0.15) is 22.8 Å². The van der Waals surface area contributed by atoms with E-state index in [1.54, 1.807) is 6.20 Å². The van der Waals surface area contributed by atoms with Gasteiger partial charge in [0.2, 0.25) is 0 Å². The maximum atomic E-state index is 12.2. The number of ether oxygens (including phenoxy) is 2. The van der Waals surface area contributed by atoms with Gasteiger partial charge in [-0.15, -0.1) is 0 Å². The molecule has 248 valence electrons. The van der Waals surface area contributed by atoms with Crippen LogP contribution in [0.15, 0.2) is 60.9 Å². The second-order valence-electron chi connectivity index (χ2n) is 13.9. The first-order chi connectivity index (χ1) is 21.8. The van der Waals surface area contributed by atoms with Crippen LogP contribution in [0.4, 0.5) is 22.1 Å². The topological polar surface area (TPSA) is 118 Å². The number of esters is 1. The van der Waals surface area contributed by atoms with Gasteiger partial charge in [0.25, 0.3) is 0 Å². The van der Waals surface area contributed by atoms with Gasteiger partial charge in [0, 0.05) is 36.7 Å². The molecule has 1 saturated heterocycles. The molecule has 0 unspecified atom stereocenters. The smallest absolute Gasteiger partial charge is 0.407 e. The molecule has 10 nitrogen and oxygen atoms in total. The summed E-state index contributed by atoms with van der Waals surface area (Å²) in [6, 6.07) is 16.5. The van der Waals surface area contributed by atoms with Crippen molar-refractivity contribution in [2.45, 2.75) is 78.4 Å². The number of hydrogen-bond donors (Lipinski definition) is 3. The molecule has 0 radical (unpaired) electrons. The highest BCUT2D eigenvalue weighted by atomic mass is 16.6. The van der Waals surface area contributed by atoms with Crippen molar-refractivity contribution in [1.29, 1.82) is 0 Å². The number of likely N-dealkylation sites (tertiary alicyclic amines) is 1. The molecule has 1 aliphatic rings. The Hall–Kier alpha value is -4.18. The predicted molar refractivity (Wildman–Crippen MR) is 183 cm³/mol. The van der Waals surface area contributed by atoms with Crippen LogP contribution in [-0.4, -0.2) is 70.9 Å². The number of alkyl carbamates (subject to hydrolysis) is 1. The van der Waals surface area contributed by atoms with E-state index in [1.807, 2.05) is 72.0 Å². The number of carbonyl (C=O) groups excluding carboxylic acids is 2. The minimum Gasteiger partial charge on any atom is -0.459 e. The van der Waals surface area contributed by atoms with Crippen LogP contribution in [0.5, 0.6) is 0 Å². The fourth-order valence-electron chi connectivity index (χ4n) is 5.32. The lowest BCUT2D eigenvalue weighted by Crippen LogP contribution is -2.40. The van der Waals surface area contributed by atoms with Crippen molar-refractivity contribution in [2.75, 3.05) is 43.4 Å². The third-order valence-electron chi connectivity index (χ3n) is 7.39. The molecule has 0 saturated carbocycles. The molecule has 1 aliphatic heterocycles. The van der Waals surface area contributed by atoms with E-state index in [0.717, 1.165) is 67.2 Å². The van der Waals surface area contributed by atoms with Crippen LogP contribution in [0.25, 0.3) is 11.1 Å². The molecule has 10 heteroatoms. The quantitative estimate of drug-likeness (QED) is 0.147. The standard InChI is InChI=1S/C36H50N6O4/c1-35(2,3)45-33(43)25-42-19-14-26(15-20-42)21-27-9-7-10-30(22-27)41-32-23-28(13-18-38-32)29-11-12-31(40-24-29)37-16-8-17-39-34(44)46-36(4,5)6/h7,9-13,18,22-24,26H,8,14-17,19-21,25H2,1-6H3,(H,37,40)(H,38,41)(H,39,44). The minimum absolute atomic E-state index is 0.147. The molecule has 3 N–H and O–H groups in total. The lowest BCUT2D eigenvalue weighted by atomic mass is 9.90. The zero-order chi connectivity index (χ0) is 33.2. The van der Waals surface area contributed by atoms with Crippen LogP contribution in [0.3, 0.4) is 0 Å². The summed E-state index contributed by atoms with van der Waals surface area (Å²) in [6.07, 6.45) is 7.14. The zero-order valence-electron chi connectivity index (χ0n) is 28.2. The number of pyridine rings is 2. The first-order valence-electron chi connectivity index (χ1n) is 16.2. The van der Waals surface area contributed by atoms with Crippen molar-refractivity contribution in [1.82, 2.24) is 20.2 Å². The van der Waals surface area contributed by atoms with E-state index < -0.39 is 17.3 Å². The molecule has 3 aromatic rings. The Bertz CT molecular complexity index is 1420. The number of nitrogens with zero attached hydrogens (tertiary/aromatic N) is 3. The van der Waals surface area contributed by atoms with Crippen molar-refractivity contribution in [3.63, 3.8) is 0 Å². The summed E-state index contributed by atoms with van der Waals surface area (Å²) in [5.74, 6) is 1.99. The maximum Gasteiger partial charge on any atom is 0.407 e.